The smallest absolute Gasteiger partial charge is 0.175 e. The number of nitrogens with one attached hydrogen (secondary N) is 1. The highest BCUT2D eigenvalue weighted by Gasteiger charge is 2.54. The van der Waals surface area contributed by atoms with Crippen molar-refractivity contribution in [1.82, 2.24) is 5.32 Å². The van der Waals surface area contributed by atoms with Crippen LogP contribution in [0.15, 0.2) is 22.3 Å². The molecule has 0 heterocycles. The molecule has 2 saturated carbocycles. The minimum absolute atomic E-state index is 0.232. The van der Waals surface area contributed by atoms with E-state index in [1.165, 1.54) is 44.2 Å². The Hall–Kier alpha value is -0.570. The number of hydrogen-bond donors (Lipinski definition) is 1. The zero-order chi connectivity index (χ0) is 13.0. The SMILES string of the molecule is O=C1C(Br)=C(NC2CCCCC2)[C@@H]2[C@H]1[C@@H]1C=C[C@H]2C1. The van der Waals surface area contributed by atoms with Crippen molar-refractivity contribution in [3.8, 4) is 0 Å². The van der Waals surface area contributed by atoms with Crippen molar-refractivity contribution in [2.24, 2.45) is 23.7 Å². The molecule has 2 bridgehead atoms. The Morgan fingerprint density at radius 2 is 1.74 bits per heavy atom. The Balaban J connectivity index is 1.59. The summed E-state index contributed by atoms with van der Waals surface area (Å²) in [4.78, 5) is 12.5. The molecule has 4 atom stereocenters. The molecule has 0 unspecified atom stereocenters. The molecular formula is C16H20BrNO. The average Bonchev–Trinajstić information content (AvgIpc) is 3.10. The molecule has 0 aliphatic heterocycles. The molecule has 2 fully saturated rings. The van der Waals surface area contributed by atoms with E-state index in [4.69, 9.17) is 0 Å². The molecule has 0 radical (unpaired) electrons. The largest absolute Gasteiger partial charge is 0.384 e. The van der Waals surface area contributed by atoms with E-state index in [2.05, 4.69) is 33.4 Å². The van der Waals surface area contributed by atoms with Crippen molar-refractivity contribution in [3.63, 3.8) is 0 Å². The van der Waals surface area contributed by atoms with E-state index in [1.807, 2.05) is 0 Å². The zero-order valence-corrected chi connectivity index (χ0v) is 12.7. The van der Waals surface area contributed by atoms with Crippen LogP contribution in [0.2, 0.25) is 0 Å². The van der Waals surface area contributed by atoms with Gasteiger partial charge in [0.1, 0.15) is 0 Å². The topological polar surface area (TPSA) is 29.1 Å². The zero-order valence-electron chi connectivity index (χ0n) is 11.1. The second-order valence-corrected chi connectivity index (χ2v) is 7.36. The van der Waals surface area contributed by atoms with Gasteiger partial charge in [-0.3, -0.25) is 4.79 Å². The maximum Gasteiger partial charge on any atom is 0.175 e. The van der Waals surface area contributed by atoms with E-state index < -0.39 is 0 Å². The number of fused-ring (bicyclic) bond motifs is 5. The quantitative estimate of drug-likeness (QED) is 0.788. The summed E-state index contributed by atoms with van der Waals surface area (Å²) in [6.45, 7) is 0. The lowest BCUT2D eigenvalue weighted by atomic mass is 9.83. The van der Waals surface area contributed by atoms with Gasteiger partial charge in [-0.15, -0.1) is 0 Å². The van der Waals surface area contributed by atoms with Crippen LogP contribution in [0, 0.1) is 23.7 Å². The van der Waals surface area contributed by atoms with Crippen LogP contribution in [0.1, 0.15) is 38.5 Å². The third-order valence-corrected chi connectivity index (χ3v) is 6.33. The van der Waals surface area contributed by atoms with E-state index >= 15 is 0 Å². The lowest BCUT2D eigenvalue weighted by Crippen LogP contribution is -2.34. The first-order valence-corrected chi connectivity index (χ1v) is 8.44. The fourth-order valence-corrected chi connectivity index (χ4v) is 5.27. The highest BCUT2D eigenvalue weighted by molar-refractivity contribution is 9.12. The summed E-state index contributed by atoms with van der Waals surface area (Å²) in [7, 11) is 0. The van der Waals surface area contributed by atoms with Crippen LogP contribution in [-0.2, 0) is 4.79 Å². The lowest BCUT2D eigenvalue weighted by Gasteiger charge is -2.29. The number of carbonyl (C=O) groups is 1. The number of allylic oxidation sites excluding steroid dienone is 4. The molecule has 1 N–H and O–H groups in total. The van der Waals surface area contributed by atoms with Crippen LogP contribution in [-0.4, -0.2) is 11.8 Å². The van der Waals surface area contributed by atoms with Crippen molar-refractivity contribution < 1.29 is 4.79 Å². The molecule has 0 amide bonds. The minimum Gasteiger partial charge on any atom is -0.384 e. The maximum absolute atomic E-state index is 12.5. The molecule has 0 spiro atoms. The highest BCUT2D eigenvalue weighted by atomic mass is 79.9. The number of ketones is 1. The fraction of sp³-hybridized carbons (Fsp3) is 0.688. The van der Waals surface area contributed by atoms with Gasteiger partial charge in [-0.25, -0.2) is 0 Å². The first-order chi connectivity index (χ1) is 9.25. The Labute approximate surface area is 122 Å². The van der Waals surface area contributed by atoms with Crippen LogP contribution in [0.3, 0.4) is 0 Å². The van der Waals surface area contributed by atoms with Gasteiger partial charge in [-0.2, -0.15) is 0 Å². The number of rotatable bonds is 2. The Morgan fingerprint density at radius 1 is 1.05 bits per heavy atom. The van der Waals surface area contributed by atoms with E-state index in [9.17, 15) is 4.79 Å². The molecule has 0 aromatic rings. The molecule has 2 nitrogen and oxygen atoms in total. The van der Waals surface area contributed by atoms with Gasteiger partial charge < -0.3 is 5.32 Å². The molecule has 19 heavy (non-hydrogen) atoms. The normalized spacial score (nSPS) is 41.2. The monoisotopic (exact) mass is 321 g/mol. The highest BCUT2D eigenvalue weighted by Crippen LogP contribution is 2.56. The van der Waals surface area contributed by atoms with Crippen LogP contribution in [0.5, 0.6) is 0 Å². The maximum atomic E-state index is 12.5. The molecule has 4 aliphatic rings. The third kappa shape index (κ3) is 1.77. The summed E-state index contributed by atoms with van der Waals surface area (Å²) in [5.74, 6) is 2.12. The second-order valence-electron chi connectivity index (χ2n) is 6.57. The van der Waals surface area contributed by atoms with Gasteiger partial charge in [-0.1, -0.05) is 31.4 Å². The van der Waals surface area contributed by atoms with Gasteiger partial charge in [0.05, 0.1) is 4.48 Å². The van der Waals surface area contributed by atoms with Gasteiger partial charge >= 0.3 is 0 Å². The molecular weight excluding hydrogens is 302 g/mol. The summed E-state index contributed by atoms with van der Waals surface area (Å²) >= 11 is 3.58. The van der Waals surface area contributed by atoms with E-state index in [0.29, 0.717) is 29.6 Å². The molecule has 4 rings (SSSR count). The summed E-state index contributed by atoms with van der Waals surface area (Å²) in [6, 6.07) is 0.589. The van der Waals surface area contributed by atoms with Crippen LogP contribution in [0.4, 0.5) is 0 Å². The molecule has 102 valence electrons. The second kappa shape index (κ2) is 4.47. The summed E-state index contributed by atoms with van der Waals surface area (Å²) in [5, 5.41) is 3.73. The summed E-state index contributed by atoms with van der Waals surface area (Å²) in [5.41, 5.74) is 1.23. The number of hydrogen-bond acceptors (Lipinski definition) is 2. The average molecular weight is 322 g/mol. The van der Waals surface area contributed by atoms with Gasteiger partial charge in [-0.05, 0) is 47.0 Å². The molecule has 3 heteroatoms. The first-order valence-electron chi connectivity index (χ1n) is 7.64. The van der Waals surface area contributed by atoms with E-state index in [0.717, 1.165) is 4.48 Å². The summed E-state index contributed by atoms with van der Waals surface area (Å²) in [6.07, 6.45) is 12.4. The number of halogens is 1. The van der Waals surface area contributed by atoms with Crippen molar-refractivity contribution in [2.45, 2.75) is 44.6 Å². The Bertz CT molecular complexity index is 475. The van der Waals surface area contributed by atoms with Gasteiger partial charge in [0, 0.05) is 23.6 Å². The first kappa shape index (κ1) is 12.2. The number of Topliss-reactive ketones (excluding diaryl/α,β-unsaturated/α-hetero) is 1. The predicted octanol–water partition coefficient (Wildman–Crippen LogP) is 3.54. The molecule has 0 aromatic heterocycles. The van der Waals surface area contributed by atoms with E-state index in [1.54, 1.807) is 0 Å². The molecule has 0 aromatic carbocycles. The van der Waals surface area contributed by atoms with Crippen molar-refractivity contribution >= 4 is 21.7 Å². The van der Waals surface area contributed by atoms with Crippen LogP contribution < -0.4 is 5.32 Å². The minimum atomic E-state index is 0.232. The van der Waals surface area contributed by atoms with Gasteiger partial charge in [0.25, 0.3) is 0 Å². The standard InChI is InChI=1S/C16H20BrNO/c17-14-15(18-11-4-2-1-3-5-11)12-9-6-7-10(8-9)13(12)16(14)19/h6-7,9-13,18H,1-5,8H2/t9-,10+,12-,13+/m0/s1. The van der Waals surface area contributed by atoms with Crippen molar-refractivity contribution in [2.75, 3.05) is 0 Å². The van der Waals surface area contributed by atoms with Crippen LogP contribution in [0.25, 0.3) is 0 Å². The Kier molecular flexibility index (Phi) is 2.87. The fourth-order valence-electron chi connectivity index (χ4n) is 4.63. The van der Waals surface area contributed by atoms with Crippen molar-refractivity contribution in [1.29, 1.82) is 0 Å². The van der Waals surface area contributed by atoms with Gasteiger partial charge in [0.15, 0.2) is 5.78 Å². The van der Waals surface area contributed by atoms with Crippen molar-refractivity contribution in [3.05, 3.63) is 22.3 Å². The van der Waals surface area contributed by atoms with E-state index in [-0.39, 0.29) is 5.92 Å². The Morgan fingerprint density at radius 3 is 2.47 bits per heavy atom. The van der Waals surface area contributed by atoms with Gasteiger partial charge in [0.2, 0.25) is 0 Å². The lowest BCUT2D eigenvalue weighted by molar-refractivity contribution is -0.119. The number of carbonyl (C=O) groups excluding carboxylic acids is 1. The van der Waals surface area contributed by atoms with Crippen LogP contribution >= 0.6 is 15.9 Å². The molecule has 4 aliphatic carbocycles. The summed E-state index contributed by atoms with van der Waals surface area (Å²) < 4.78 is 0.853. The predicted molar refractivity (Wildman–Crippen MR) is 78.7 cm³/mol. The third-order valence-electron chi connectivity index (χ3n) is 5.51. The molecule has 0 saturated heterocycles.